The highest BCUT2D eigenvalue weighted by molar-refractivity contribution is 5.29. The Kier molecular flexibility index (Phi) is 4.55. The number of nitrogens with one attached hydrogen (secondary N) is 1. The van der Waals surface area contributed by atoms with E-state index in [-0.39, 0.29) is 0 Å². The maximum absolute atomic E-state index is 12.5. The molecule has 0 radical (unpaired) electrons. The summed E-state index contributed by atoms with van der Waals surface area (Å²) < 4.78 is 39.4. The Bertz CT molecular complexity index is 571. The van der Waals surface area contributed by atoms with Crippen LogP contribution in [-0.2, 0) is 12.7 Å². The Morgan fingerprint density at radius 3 is 2.43 bits per heavy atom. The van der Waals surface area contributed by atoms with Crippen molar-refractivity contribution in [3.63, 3.8) is 0 Å². The number of alkyl halides is 3. The summed E-state index contributed by atoms with van der Waals surface area (Å²) in [5.74, 6) is 1.21. The first-order valence-electron chi connectivity index (χ1n) is 6.77. The highest BCUT2D eigenvalue weighted by Crippen LogP contribution is 2.29. The molecule has 2 aromatic rings. The molecule has 0 aliphatic carbocycles. The molecule has 0 saturated carbocycles. The van der Waals surface area contributed by atoms with Crippen molar-refractivity contribution in [2.24, 2.45) is 5.92 Å². The van der Waals surface area contributed by atoms with Gasteiger partial charge in [-0.05, 0) is 23.6 Å². The van der Waals surface area contributed by atoms with Crippen LogP contribution in [0.1, 0.15) is 25.0 Å². The Labute approximate surface area is 121 Å². The van der Waals surface area contributed by atoms with Gasteiger partial charge in [0.2, 0.25) is 5.95 Å². The second-order valence-electron chi connectivity index (χ2n) is 5.35. The minimum Gasteiger partial charge on any atom is -0.355 e. The zero-order valence-corrected chi connectivity index (χ0v) is 12.0. The van der Waals surface area contributed by atoms with Crippen LogP contribution in [0.5, 0.6) is 0 Å². The Hall–Kier alpha value is -1.98. The molecule has 0 amide bonds. The van der Waals surface area contributed by atoms with Gasteiger partial charge in [0.05, 0.1) is 12.1 Å². The van der Waals surface area contributed by atoms with E-state index in [2.05, 4.69) is 24.1 Å². The first-order valence-corrected chi connectivity index (χ1v) is 6.77. The zero-order chi connectivity index (χ0) is 15.5. The zero-order valence-electron chi connectivity index (χ0n) is 12.0. The molecule has 1 aromatic carbocycles. The summed E-state index contributed by atoms with van der Waals surface area (Å²) in [5, 5.41) is 3.22. The minimum absolute atomic E-state index is 0.485. The van der Waals surface area contributed by atoms with E-state index < -0.39 is 11.7 Å². The van der Waals surface area contributed by atoms with Crippen molar-refractivity contribution in [3.05, 3.63) is 47.8 Å². The molecule has 6 heteroatoms. The second kappa shape index (κ2) is 6.20. The van der Waals surface area contributed by atoms with Crippen LogP contribution in [0.25, 0.3) is 0 Å². The molecule has 0 saturated heterocycles. The van der Waals surface area contributed by atoms with E-state index in [1.54, 1.807) is 12.4 Å². The number of hydrogen-bond acceptors (Lipinski definition) is 2. The number of hydrogen-bond donors (Lipinski definition) is 1. The van der Waals surface area contributed by atoms with Crippen molar-refractivity contribution in [1.29, 1.82) is 0 Å². The molecule has 3 nitrogen and oxygen atoms in total. The van der Waals surface area contributed by atoms with Gasteiger partial charge in [-0.1, -0.05) is 26.0 Å². The van der Waals surface area contributed by atoms with E-state index in [9.17, 15) is 13.2 Å². The molecule has 2 rings (SSSR count). The fourth-order valence-electron chi connectivity index (χ4n) is 1.90. The van der Waals surface area contributed by atoms with E-state index in [0.717, 1.165) is 30.2 Å². The van der Waals surface area contributed by atoms with Crippen molar-refractivity contribution >= 4 is 5.95 Å². The van der Waals surface area contributed by atoms with Gasteiger partial charge in [-0.3, -0.25) is 0 Å². The number of halogens is 3. The normalized spacial score (nSPS) is 11.9. The third kappa shape index (κ3) is 4.24. The number of nitrogens with zero attached hydrogens (tertiary/aromatic N) is 2. The quantitative estimate of drug-likeness (QED) is 0.903. The minimum atomic E-state index is -4.29. The fourth-order valence-corrected chi connectivity index (χ4v) is 1.90. The van der Waals surface area contributed by atoms with E-state index in [1.165, 1.54) is 12.1 Å². The summed E-state index contributed by atoms with van der Waals surface area (Å²) in [7, 11) is 0. The summed E-state index contributed by atoms with van der Waals surface area (Å²) in [5.41, 5.74) is 0.170. The summed E-state index contributed by atoms with van der Waals surface area (Å²) in [6.07, 6.45) is -0.815. The molecule has 1 N–H and O–H groups in total. The summed E-state index contributed by atoms with van der Waals surface area (Å²) in [6.45, 7) is 5.47. The topological polar surface area (TPSA) is 29.9 Å². The van der Waals surface area contributed by atoms with Crippen molar-refractivity contribution < 1.29 is 13.2 Å². The van der Waals surface area contributed by atoms with Gasteiger partial charge < -0.3 is 9.88 Å². The number of benzene rings is 1. The number of rotatable bonds is 5. The highest BCUT2D eigenvalue weighted by atomic mass is 19.4. The van der Waals surface area contributed by atoms with Crippen molar-refractivity contribution in [2.75, 3.05) is 11.9 Å². The molecule has 21 heavy (non-hydrogen) atoms. The molecule has 0 aliphatic rings. The third-order valence-corrected chi connectivity index (χ3v) is 3.02. The molecule has 0 spiro atoms. The molecular weight excluding hydrogens is 279 g/mol. The molecular formula is C15H18F3N3. The number of aromatic nitrogens is 2. The van der Waals surface area contributed by atoms with Crippen molar-refractivity contribution in [1.82, 2.24) is 9.55 Å². The van der Waals surface area contributed by atoms with E-state index in [4.69, 9.17) is 0 Å². The SMILES string of the molecule is CC(C)CNc1nccn1Cc1ccc(C(F)(F)F)cc1. The van der Waals surface area contributed by atoms with Crippen LogP contribution >= 0.6 is 0 Å². The lowest BCUT2D eigenvalue weighted by atomic mass is 10.1. The summed E-state index contributed by atoms with van der Waals surface area (Å²) >= 11 is 0. The molecule has 0 aliphatic heterocycles. The van der Waals surface area contributed by atoms with Crippen LogP contribution in [0.15, 0.2) is 36.7 Å². The van der Waals surface area contributed by atoms with Crippen molar-refractivity contribution in [3.8, 4) is 0 Å². The van der Waals surface area contributed by atoms with Crippen LogP contribution in [0.2, 0.25) is 0 Å². The largest absolute Gasteiger partial charge is 0.416 e. The number of anilines is 1. The molecule has 0 bridgehead atoms. The van der Waals surface area contributed by atoms with E-state index in [0.29, 0.717) is 12.5 Å². The second-order valence-corrected chi connectivity index (χ2v) is 5.35. The lowest BCUT2D eigenvalue weighted by Crippen LogP contribution is -2.13. The molecule has 0 atom stereocenters. The van der Waals surface area contributed by atoms with Crippen LogP contribution < -0.4 is 5.32 Å². The standard InChI is InChI=1S/C15H18F3N3/c1-11(2)9-20-14-19-7-8-21(14)10-12-3-5-13(6-4-12)15(16,17)18/h3-8,11H,9-10H2,1-2H3,(H,19,20). The number of imidazole rings is 1. The van der Waals surface area contributed by atoms with E-state index in [1.807, 2.05) is 4.57 Å². The summed E-state index contributed by atoms with van der Waals surface area (Å²) in [6, 6.07) is 5.20. The van der Waals surface area contributed by atoms with Crippen LogP contribution in [0, 0.1) is 5.92 Å². The first-order chi connectivity index (χ1) is 9.86. The average Bonchev–Trinajstić information content (AvgIpc) is 2.83. The van der Waals surface area contributed by atoms with Gasteiger partial charge in [0.1, 0.15) is 0 Å². The molecule has 1 heterocycles. The van der Waals surface area contributed by atoms with Gasteiger partial charge in [0.25, 0.3) is 0 Å². The van der Waals surface area contributed by atoms with Crippen LogP contribution in [0.3, 0.4) is 0 Å². The Morgan fingerprint density at radius 1 is 1.19 bits per heavy atom. The van der Waals surface area contributed by atoms with Crippen LogP contribution in [-0.4, -0.2) is 16.1 Å². The fraction of sp³-hybridized carbons (Fsp3) is 0.400. The molecule has 0 unspecified atom stereocenters. The van der Waals surface area contributed by atoms with Gasteiger partial charge in [-0.2, -0.15) is 13.2 Å². The lowest BCUT2D eigenvalue weighted by Gasteiger charge is -2.12. The third-order valence-electron chi connectivity index (χ3n) is 3.02. The van der Waals surface area contributed by atoms with Gasteiger partial charge in [0.15, 0.2) is 0 Å². The smallest absolute Gasteiger partial charge is 0.355 e. The van der Waals surface area contributed by atoms with Gasteiger partial charge >= 0.3 is 6.18 Å². The van der Waals surface area contributed by atoms with Crippen LogP contribution in [0.4, 0.5) is 19.1 Å². The maximum atomic E-state index is 12.5. The van der Waals surface area contributed by atoms with E-state index >= 15 is 0 Å². The maximum Gasteiger partial charge on any atom is 0.416 e. The Morgan fingerprint density at radius 2 is 1.86 bits per heavy atom. The predicted molar refractivity (Wildman–Crippen MR) is 76.1 cm³/mol. The van der Waals surface area contributed by atoms with Gasteiger partial charge in [-0.15, -0.1) is 0 Å². The summed E-state index contributed by atoms with van der Waals surface area (Å²) in [4.78, 5) is 4.21. The average molecular weight is 297 g/mol. The Balaban J connectivity index is 2.07. The highest BCUT2D eigenvalue weighted by Gasteiger charge is 2.29. The molecule has 0 fully saturated rings. The van der Waals surface area contributed by atoms with Crippen molar-refractivity contribution in [2.45, 2.75) is 26.6 Å². The molecule has 1 aromatic heterocycles. The van der Waals surface area contributed by atoms with Gasteiger partial charge in [-0.25, -0.2) is 4.98 Å². The van der Waals surface area contributed by atoms with Gasteiger partial charge in [0, 0.05) is 18.9 Å². The monoisotopic (exact) mass is 297 g/mol. The predicted octanol–water partition coefficient (Wildman–Crippen LogP) is 4.02. The molecule has 114 valence electrons. The lowest BCUT2D eigenvalue weighted by molar-refractivity contribution is -0.137. The first kappa shape index (κ1) is 15.4.